The Bertz CT molecular complexity index is 2600. The second kappa shape index (κ2) is 8.80. The highest BCUT2D eigenvalue weighted by Crippen LogP contribution is 2.56. The molecule has 0 atom stereocenters. The first-order chi connectivity index (χ1) is 22.1. The molecule has 0 heterocycles. The van der Waals surface area contributed by atoms with E-state index >= 15 is 0 Å². The molecule has 1 aliphatic carbocycles. The van der Waals surface area contributed by atoms with Crippen molar-refractivity contribution in [2.45, 2.75) is 19.3 Å². The third-order valence-corrected chi connectivity index (χ3v) is 10.5. The zero-order valence-corrected chi connectivity index (χ0v) is 25.4. The third kappa shape index (κ3) is 3.37. The minimum Gasteiger partial charge on any atom is -0.0616 e. The summed E-state index contributed by atoms with van der Waals surface area (Å²) in [7, 11) is 0. The van der Waals surface area contributed by atoms with Gasteiger partial charge in [-0.25, -0.2) is 0 Å². The van der Waals surface area contributed by atoms with Crippen LogP contribution in [0.1, 0.15) is 25.0 Å². The van der Waals surface area contributed by atoms with Crippen LogP contribution in [0.3, 0.4) is 0 Å². The second-order valence-electron chi connectivity index (χ2n) is 13.3. The maximum absolute atomic E-state index is 2.49. The standard InChI is InChI=1S/C45H30/c1-45(2)40-26-34(33-23-31-19-17-29-12-7-13-30-18-20-32(24-33)42(31)41(29)30)25-39(37-16-8-11-27-9-3-5-14-35(27)37)43(40)38-22-21-28-10-4-6-15-36(28)44(38)45/h3-26H,1-2H3. The van der Waals surface area contributed by atoms with Gasteiger partial charge < -0.3 is 0 Å². The molecule has 0 heteroatoms. The van der Waals surface area contributed by atoms with Crippen LogP contribution in [0.25, 0.3) is 87.2 Å². The molecule has 0 aliphatic heterocycles. The fourth-order valence-electron chi connectivity index (χ4n) is 8.47. The number of hydrogen-bond donors (Lipinski definition) is 0. The summed E-state index contributed by atoms with van der Waals surface area (Å²) in [5, 5.41) is 13.2. The second-order valence-corrected chi connectivity index (χ2v) is 13.3. The van der Waals surface area contributed by atoms with Crippen molar-refractivity contribution < 1.29 is 0 Å². The highest BCUT2D eigenvalue weighted by atomic mass is 14.4. The molecule has 0 amide bonds. The number of benzene rings is 9. The van der Waals surface area contributed by atoms with Crippen molar-refractivity contribution >= 4 is 53.9 Å². The Hall–Kier alpha value is -5.46. The van der Waals surface area contributed by atoms with Gasteiger partial charge in [-0.1, -0.05) is 135 Å². The van der Waals surface area contributed by atoms with Gasteiger partial charge in [-0.15, -0.1) is 0 Å². The van der Waals surface area contributed by atoms with Crippen molar-refractivity contribution in [3.63, 3.8) is 0 Å². The number of hydrogen-bond acceptors (Lipinski definition) is 0. The lowest BCUT2D eigenvalue weighted by Crippen LogP contribution is -2.15. The predicted octanol–water partition coefficient (Wildman–Crippen LogP) is 12.5. The maximum Gasteiger partial charge on any atom is 0.0165 e. The van der Waals surface area contributed by atoms with Crippen LogP contribution in [0, 0.1) is 0 Å². The quantitative estimate of drug-likeness (QED) is 0.181. The molecular formula is C45H30. The largest absolute Gasteiger partial charge is 0.0616 e. The van der Waals surface area contributed by atoms with E-state index in [4.69, 9.17) is 0 Å². The first-order valence-electron chi connectivity index (χ1n) is 15.9. The Morgan fingerprint density at radius 2 is 0.911 bits per heavy atom. The molecule has 0 unspecified atom stereocenters. The molecule has 10 rings (SSSR count). The Labute approximate surface area is 262 Å². The summed E-state index contributed by atoms with van der Waals surface area (Å²) in [6, 6.07) is 54.7. The summed E-state index contributed by atoms with van der Waals surface area (Å²) in [6.45, 7) is 4.84. The van der Waals surface area contributed by atoms with Gasteiger partial charge in [0.15, 0.2) is 0 Å². The lowest BCUT2D eigenvalue weighted by atomic mass is 9.78. The maximum atomic E-state index is 2.49. The molecule has 45 heavy (non-hydrogen) atoms. The van der Waals surface area contributed by atoms with E-state index in [2.05, 4.69) is 159 Å². The van der Waals surface area contributed by atoms with E-state index in [1.165, 1.54) is 98.4 Å². The lowest BCUT2D eigenvalue weighted by Gasteiger charge is -2.24. The van der Waals surface area contributed by atoms with Crippen LogP contribution in [0.2, 0.25) is 0 Å². The van der Waals surface area contributed by atoms with Crippen LogP contribution in [-0.4, -0.2) is 0 Å². The lowest BCUT2D eigenvalue weighted by molar-refractivity contribution is 0.666. The van der Waals surface area contributed by atoms with Gasteiger partial charge in [0.1, 0.15) is 0 Å². The van der Waals surface area contributed by atoms with E-state index in [1.807, 2.05) is 0 Å². The van der Waals surface area contributed by atoms with Gasteiger partial charge in [0.25, 0.3) is 0 Å². The third-order valence-electron chi connectivity index (χ3n) is 10.5. The Morgan fingerprint density at radius 1 is 0.378 bits per heavy atom. The van der Waals surface area contributed by atoms with Gasteiger partial charge in [0.05, 0.1) is 0 Å². The number of rotatable bonds is 2. The van der Waals surface area contributed by atoms with Gasteiger partial charge in [-0.05, 0) is 123 Å². The Morgan fingerprint density at radius 3 is 1.67 bits per heavy atom. The van der Waals surface area contributed by atoms with Gasteiger partial charge in [0, 0.05) is 5.41 Å². The average Bonchev–Trinajstić information content (AvgIpc) is 3.32. The molecule has 210 valence electrons. The molecule has 9 aromatic rings. The predicted molar refractivity (Wildman–Crippen MR) is 194 cm³/mol. The van der Waals surface area contributed by atoms with Gasteiger partial charge >= 0.3 is 0 Å². The minimum atomic E-state index is -0.156. The molecular weight excluding hydrogens is 540 g/mol. The SMILES string of the molecule is CC1(C)c2cc(-c3cc4ccc5cccc6ccc(c3)c4c56)cc(-c3cccc4ccccc34)c2-c2ccc3ccccc3c21. The van der Waals surface area contributed by atoms with Crippen molar-refractivity contribution in [2.75, 3.05) is 0 Å². The van der Waals surface area contributed by atoms with Gasteiger partial charge in [-0.3, -0.25) is 0 Å². The molecule has 0 saturated carbocycles. The summed E-state index contributed by atoms with van der Waals surface area (Å²) < 4.78 is 0. The highest BCUT2D eigenvalue weighted by Gasteiger charge is 2.39. The molecule has 0 spiro atoms. The number of fused-ring (bicyclic) bond motifs is 6. The summed E-state index contributed by atoms with van der Waals surface area (Å²) in [5.41, 5.74) is 10.6. The van der Waals surface area contributed by atoms with Crippen LogP contribution in [0.15, 0.2) is 146 Å². The Balaban J connectivity index is 1.31. The van der Waals surface area contributed by atoms with E-state index in [9.17, 15) is 0 Å². The molecule has 0 aromatic heterocycles. The first-order valence-corrected chi connectivity index (χ1v) is 15.9. The molecule has 0 N–H and O–H groups in total. The zero-order valence-electron chi connectivity index (χ0n) is 25.4. The average molecular weight is 571 g/mol. The summed E-state index contributed by atoms with van der Waals surface area (Å²) in [5.74, 6) is 0. The fourth-order valence-corrected chi connectivity index (χ4v) is 8.47. The monoisotopic (exact) mass is 570 g/mol. The van der Waals surface area contributed by atoms with Crippen LogP contribution < -0.4 is 0 Å². The summed E-state index contributed by atoms with van der Waals surface area (Å²) >= 11 is 0. The van der Waals surface area contributed by atoms with Crippen molar-refractivity contribution in [2.24, 2.45) is 0 Å². The topological polar surface area (TPSA) is 0 Å². The molecule has 0 saturated heterocycles. The molecule has 0 fully saturated rings. The molecule has 0 radical (unpaired) electrons. The molecule has 0 nitrogen and oxygen atoms in total. The minimum absolute atomic E-state index is 0.156. The summed E-state index contributed by atoms with van der Waals surface area (Å²) in [4.78, 5) is 0. The summed E-state index contributed by atoms with van der Waals surface area (Å²) in [6.07, 6.45) is 0. The van der Waals surface area contributed by atoms with E-state index in [-0.39, 0.29) is 5.41 Å². The zero-order chi connectivity index (χ0) is 29.9. The molecule has 0 bridgehead atoms. The van der Waals surface area contributed by atoms with Crippen LogP contribution in [-0.2, 0) is 5.41 Å². The van der Waals surface area contributed by atoms with Crippen LogP contribution in [0.5, 0.6) is 0 Å². The van der Waals surface area contributed by atoms with Crippen molar-refractivity contribution in [3.8, 4) is 33.4 Å². The van der Waals surface area contributed by atoms with Crippen molar-refractivity contribution in [1.29, 1.82) is 0 Å². The van der Waals surface area contributed by atoms with Gasteiger partial charge in [0.2, 0.25) is 0 Å². The Kier molecular flexibility index (Phi) is 4.88. The highest BCUT2D eigenvalue weighted by molar-refractivity contribution is 6.23. The van der Waals surface area contributed by atoms with E-state index in [0.717, 1.165) is 0 Å². The first kappa shape index (κ1) is 24.9. The molecule has 9 aromatic carbocycles. The smallest absolute Gasteiger partial charge is 0.0165 e. The van der Waals surface area contributed by atoms with E-state index < -0.39 is 0 Å². The van der Waals surface area contributed by atoms with Crippen molar-refractivity contribution in [1.82, 2.24) is 0 Å². The van der Waals surface area contributed by atoms with Gasteiger partial charge in [-0.2, -0.15) is 0 Å². The van der Waals surface area contributed by atoms with E-state index in [1.54, 1.807) is 0 Å². The van der Waals surface area contributed by atoms with E-state index in [0.29, 0.717) is 0 Å². The van der Waals surface area contributed by atoms with Crippen LogP contribution in [0.4, 0.5) is 0 Å². The normalized spacial score (nSPS) is 13.7. The fraction of sp³-hybridized carbons (Fsp3) is 0.0667. The molecule has 1 aliphatic rings. The van der Waals surface area contributed by atoms with Crippen LogP contribution >= 0.6 is 0 Å². The van der Waals surface area contributed by atoms with Crippen molar-refractivity contribution in [3.05, 3.63) is 157 Å².